The molecule has 88 valence electrons. The van der Waals surface area contributed by atoms with Crippen LogP contribution in [0.2, 0.25) is 5.02 Å². The summed E-state index contributed by atoms with van der Waals surface area (Å²) in [4.78, 5) is 15.1. The first-order valence-electron chi connectivity index (χ1n) is 4.64. The highest BCUT2D eigenvalue weighted by molar-refractivity contribution is 7.99. The zero-order valence-electron chi connectivity index (χ0n) is 9.03. The predicted octanol–water partition coefficient (Wildman–Crippen LogP) is 1.89. The van der Waals surface area contributed by atoms with E-state index in [1.807, 2.05) is 0 Å². The number of rotatable bonds is 5. The van der Waals surface area contributed by atoms with Crippen molar-refractivity contribution < 1.29 is 9.90 Å². The maximum Gasteiger partial charge on any atom is 0.324 e. The van der Waals surface area contributed by atoms with E-state index in [0.29, 0.717) is 10.8 Å². The van der Waals surface area contributed by atoms with Gasteiger partial charge in [0, 0.05) is 11.9 Å². The standard InChI is InChI=1S/C10H13ClN2O2S/c1-10(12-2,9(14)15)6-16-8-4-3-7(11)5-13-8/h3-5,12H,6H2,1-2H3,(H,14,15). The van der Waals surface area contributed by atoms with Crippen molar-refractivity contribution in [3.8, 4) is 0 Å². The average Bonchev–Trinajstić information content (AvgIpc) is 2.27. The number of nitrogens with zero attached hydrogens (tertiary/aromatic N) is 1. The fourth-order valence-electron chi connectivity index (χ4n) is 0.907. The summed E-state index contributed by atoms with van der Waals surface area (Å²) < 4.78 is 0. The van der Waals surface area contributed by atoms with Crippen molar-refractivity contribution in [1.82, 2.24) is 10.3 Å². The van der Waals surface area contributed by atoms with E-state index in [9.17, 15) is 4.79 Å². The van der Waals surface area contributed by atoms with E-state index >= 15 is 0 Å². The molecule has 0 amide bonds. The Bertz CT molecular complexity index is 372. The number of aromatic nitrogens is 1. The zero-order chi connectivity index (χ0) is 12.2. The molecular formula is C10H13ClN2O2S. The first kappa shape index (κ1) is 13.3. The summed E-state index contributed by atoms with van der Waals surface area (Å²) in [5, 5.41) is 13.1. The lowest BCUT2D eigenvalue weighted by Crippen LogP contribution is -2.49. The van der Waals surface area contributed by atoms with Crippen LogP contribution in [0.5, 0.6) is 0 Å². The molecule has 0 aliphatic rings. The Hall–Kier alpha value is -0.780. The molecule has 1 aromatic heterocycles. The largest absolute Gasteiger partial charge is 0.480 e. The van der Waals surface area contributed by atoms with Crippen LogP contribution in [0.4, 0.5) is 0 Å². The van der Waals surface area contributed by atoms with Gasteiger partial charge in [0.2, 0.25) is 0 Å². The van der Waals surface area contributed by atoms with Gasteiger partial charge in [-0.25, -0.2) is 4.98 Å². The van der Waals surface area contributed by atoms with E-state index in [2.05, 4.69) is 10.3 Å². The van der Waals surface area contributed by atoms with E-state index in [1.165, 1.54) is 11.8 Å². The van der Waals surface area contributed by atoms with Crippen LogP contribution >= 0.6 is 23.4 Å². The number of pyridine rings is 1. The van der Waals surface area contributed by atoms with Crippen molar-refractivity contribution in [1.29, 1.82) is 0 Å². The summed E-state index contributed by atoms with van der Waals surface area (Å²) in [5.74, 6) is -0.482. The third-order valence-electron chi connectivity index (χ3n) is 2.23. The molecule has 0 aliphatic heterocycles. The van der Waals surface area contributed by atoms with Gasteiger partial charge in [-0.2, -0.15) is 0 Å². The Balaban J connectivity index is 2.63. The Morgan fingerprint density at radius 3 is 2.81 bits per heavy atom. The monoisotopic (exact) mass is 260 g/mol. The Kier molecular flexibility index (Phi) is 4.58. The van der Waals surface area contributed by atoms with Crippen LogP contribution in [0.1, 0.15) is 6.92 Å². The van der Waals surface area contributed by atoms with Crippen LogP contribution in [0.15, 0.2) is 23.4 Å². The van der Waals surface area contributed by atoms with E-state index in [1.54, 1.807) is 32.3 Å². The molecule has 0 saturated heterocycles. The molecule has 1 aromatic rings. The Morgan fingerprint density at radius 1 is 1.69 bits per heavy atom. The van der Waals surface area contributed by atoms with E-state index in [4.69, 9.17) is 16.7 Å². The molecule has 0 radical (unpaired) electrons. The van der Waals surface area contributed by atoms with Gasteiger partial charge in [-0.15, -0.1) is 11.8 Å². The minimum atomic E-state index is -0.952. The van der Waals surface area contributed by atoms with Crippen LogP contribution in [0, 0.1) is 0 Å². The third-order valence-corrected chi connectivity index (χ3v) is 3.72. The van der Waals surface area contributed by atoms with Gasteiger partial charge in [0.25, 0.3) is 0 Å². The second-order valence-corrected chi connectivity index (χ2v) is 4.92. The highest BCUT2D eigenvalue weighted by atomic mass is 35.5. The highest BCUT2D eigenvalue weighted by Gasteiger charge is 2.31. The first-order chi connectivity index (χ1) is 7.48. The number of halogens is 1. The van der Waals surface area contributed by atoms with E-state index in [-0.39, 0.29) is 0 Å². The lowest BCUT2D eigenvalue weighted by molar-refractivity contribution is -0.142. The molecule has 0 fully saturated rings. The fraction of sp³-hybridized carbons (Fsp3) is 0.400. The van der Waals surface area contributed by atoms with Gasteiger partial charge in [-0.1, -0.05) is 11.6 Å². The second kappa shape index (κ2) is 5.52. The van der Waals surface area contributed by atoms with Crippen molar-refractivity contribution >= 4 is 29.3 Å². The number of nitrogens with one attached hydrogen (secondary N) is 1. The minimum absolute atomic E-state index is 0.396. The van der Waals surface area contributed by atoms with Gasteiger partial charge in [-0.05, 0) is 26.1 Å². The number of hydrogen-bond acceptors (Lipinski definition) is 4. The van der Waals surface area contributed by atoms with Crippen molar-refractivity contribution in [2.75, 3.05) is 12.8 Å². The molecule has 1 heterocycles. The van der Waals surface area contributed by atoms with Gasteiger partial charge < -0.3 is 10.4 Å². The first-order valence-corrected chi connectivity index (χ1v) is 6.01. The smallest absolute Gasteiger partial charge is 0.324 e. The summed E-state index contributed by atoms with van der Waals surface area (Å²) in [6.07, 6.45) is 1.54. The molecule has 0 bridgehead atoms. The van der Waals surface area contributed by atoms with Crippen LogP contribution in [-0.2, 0) is 4.79 Å². The van der Waals surface area contributed by atoms with Gasteiger partial charge in [0.05, 0.1) is 10.0 Å². The molecule has 0 spiro atoms. The number of carboxylic acid groups (broad SMARTS) is 1. The molecule has 1 rings (SSSR count). The normalized spacial score (nSPS) is 14.4. The van der Waals surface area contributed by atoms with Crippen LogP contribution in [0.25, 0.3) is 0 Å². The van der Waals surface area contributed by atoms with Crippen molar-refractivity contribution in [3.05, 3.63) is 23.4 Å². The molecule has 1 unspecified atom stereocenters. The third kappa shape index (κ3) is 3.37. The molecular weight excluding hydrogens is 248 g/mol. The Morgan fingerprint density at radius 2 is 2.38 bits per heavy atom. The number of thioether (sulfide) groups is 1. The van der Waals surface area contributed by atoms with E-state index < -0.39 is 11.5 Å². The quantitative estimate of drug-likeness (QED) is 0.792. The average molecular weight is 261 g/mol. The lowest BCUT2D eigenvalue weighted by atomic mass is 10.1. The number of hydrogen-bond donors (Lipinski definition) is 2. The van der Waals surface area contributed by atoms with Gasteiger partial charge in [0.15, 0.2) is 0 Å². The maximum atomic E-state index is 11.0. The van der Waals surface area contributed by atoms with Crippen LogP contribution in [-0.4, -0.2) is 34.4 Å². The van der Waals surface area contributed by atoms with Crippen LogP contribution in [0.3, 0.4) is 0 Å². The minimum Gasteiger partial charge on any atom is -0.480 e. The SMILES string of the molecule is CNC(C)(CSc1ccc(Cl)cn1)C(=O)O. The lowest BCUT2D eigenvalue weighted by Gasteiger charge is -2.23. The molecule has 6 heteroatoms. The summed E-state index contributed by atoms with van der Waals surface area (Å²) in [6, 6.07) is 3.50. The highest BCUT2D eigenvalue weighted by Crippen LogP contribution is 2.21. The zero-order valence-corrected chi connectivity index (χ0v) is 10.6. The summed E-state index contributed by atoms with van der Waals surface area (Å²) in [7, 11) is 1.63. The number of aliphatic carboxylic acids is 1. The summed E-state index contributed by atoms with van der Waals surface area (Å²) in [6.45, 7) is 1.64. The molecule has 1 atom stereocenters. The molecule has 16 heavy (non-hydrogen) atoms. The van der Waals surface area contributed by atoms with Crippen molar-refractivity contribution in [2.24, 2.45) is 0 Å². The number of carbonyl (C=O) groups is 1. The number of carboxylic acids is 1. The van der Waals surface area contributed by atoms with Gasteiger partial charge in [-0.3, -0.25) is 4.79 Å². The molecule has 2 N–H and O–H groups in total. The Labute approximate surface area is 103 Å². The van der Waals surface area contributed by atoms with Gasteiger partial charge >= 0.3 is 5.97 Å². The van der Waals surface area contributed by atoms with Crippen molar-refractivity contribution in [2.45, 2.75) is 17.5 Å². The summed E-state index contributed by atoms with van der Waals surface area (Å²) >= 11 is 7.08. The topological polar surface area (TPSA) is 62.2 Å². The molecule has 0 saturated carbocycles. The fourth-order valence-corrected chi connectivity index (χ4v) is 2.01. The number of likely N-dealkylation sites (N-methyl/N-ethyl adjacent to an activating group) is 1. The van der Waals surface area contributed by atoms with Crippen molar-refractivity contribution in [3.63, 3.8) is 0 Å². The van der Waals surface area contributed by atoms with E-state index in [0.717, 1.165) is 5.03 Å². The second-order valence-electron chi connectivity index (χ2n) is 3.49. The van der Waals surface area contributed by atoms with Crippen LogP contribution < -0.4 is 5.32 Å². The summed E-state index contributed by atoms with van der Waals surface area (Å²) in [5.41, 5.74) is -0.952. The maximum absolute atomic E-state index is 11.0. The molecule has 0 aromatic carbocycles. The molecule has 0 aliphatic carbocycles. The molecule has 4 nitrogen and oxygen atoms in total. The predicted molar refractivity (Wildman–Crippen MR) is 65.1 cm³/mol. The van der Waals surface area contributed by atoms with Gasteiger partial charge in [0.1, 0.15) is 5.54 Å².